The van der Waals surface area contributed by atoms with Gasteiger partial charge in [-0.1, -0.05) is 77.9 Å². The number of ether oxygens (including phenoxy) is 2. The van der Waals surface area contributed by atoms with Crippen molar-refractivity contribution in [3.63, 3.8) is 0 Å². The predicted molar refractivity (Wildman–Crippen MR) is 124 cm³/mol. The summed E-state index contributed by atoms with van der Waals surface area (Å²) in [6.07, 6.45) is 0.883. The Morgan fingerprint density at radius 2 is 1.69 bits per heavy atom. The van der Waals surface area contributed by atoms with E-state index in [2.05, 4.69) is 17.4 Å². The maximum atomic E-state index is 6.47. The van der Waals surface area contributed by atoms with Crippen molar-refractivity contribution in [1.82, 2.24) is 5.32 Å². The Balaban J connectivity index is 1.65. The molecule has 0 heterocycles. The smallest absolute Gasteiger partial charge is 0.180 e. The summed E-state index contributed by atoms with van der Waals surface area (Å²) >= 11 is 17.9. The summed E-state index contributed by atoms with van der Waals surface area (Å²) in [7, 11) is 1.58. The predicted octanol–water partition coefficient (Wildman–Crippen LogP) is 6.09. The van der Waals surface area contributed by atoms with Crippen molar-refractivity contribution in [2.45, 2.75) is 13.0 Å². The van der Waals surface area contributed by atoms with Crippen LogP contribution in [-0.2, 0) is 13.0 Å². The number of methoxy groups -OCH3 is 1. The highest BCUT2D eigenvalue weighted by molar-refractivity contribution is 7.80. The first-order valence-electron chi connectivity index (χ1n) is 9.13. The number of hydrogen-bond donors (Lipinski definition) is 1. The molecule has 150 valence electrons. The van der Waals surface area contributed by atoms with Gasteiger partial charge in [-0.25, -0.2) is 0 Å². The van der Waals surface area contributed by atoms with Crippen LogP contribution >= 0.6 is 35.4 Å². The van der Waals surface area contributed by atoms with Crippen LogP contribution in [0.1, 0.15) is 16.7 Å². The second-order valence-electron chi connectivity index (χ2n) is 6.40. The van der Waals surface area contributed by atoms with Crippen LogP contribution in [0, 0.1) is 0 Å². The van der Waals surface area contributed by atoms with Gasteiger partial charge in [0.05, 0.1) is 12.1 Å². The largest absolute Gasteiger partial charge is 0.493 e. The van der Waals surface area contributed by atoms with Gasteiger partial charge in [-0.15, -0.1) is 0 Å². The lowest BCUT2D eigenvalue weighted by molar-refractivity contribution is 0.284. The molecule has 0 fully saturated rings. The minimum absolute atomic E-state index is 0.354. The summed E-state index contributed by atoms with van der Waals surface area (Å²) in [5, 5.41) is 4.40. The SMILES string of the molecule is COc1cc(C(=S)NCCc2ccccc2)cc(Cl)c1OCc1ccc(Cl)cc1. The van der Waals surface area contributed by atoms with Crippen LogP contribution in [-0.4, -0.2) is 18.6 Å². The number of hydrogen-bond acceptors (Lipinski definition) is 3. The Morgan fingerprint density at radius 1 is 0.966 bits per heavy atom. The number of halogens is 2. The van der Waals surface area contributed by atoms with Gasteiger partial charge in [0.25, 0.3) is 0 Å². The summed E-state index contributed by atoms with van der Waals surface area (Å²) in [6, 6.07) is 21.3. The van der Waals surface area contributed by atoms with E-state index in [-0.39, 0.29) is 0 Å². The highest BCUT2D eigenvalue weighted by atomic mass is 35.5. The molecule has 0 aliphatic heterocycles. The van der Waals surface area contributed by atoms with E-state index in [4.69, 9.17) is 44.9 Å². The quantitative estimate of drug-likeness (QED) is 0.425. The van der Waals surface area contributed by atoms with Gasteiger partial charge in [0.1, 0.15) is 11.6 Å². The third-order valence-corrected chi connectivity index (χ3v) is 5.24. The molecule has 6 heteroatoms. The first-order chi connectivity index (χ1) is 14.1. The molecule has 0 amide bonds. The molecular weight excluding hydrogens is 425 g/mol. The monoisotopic (exact) mass is 445 g/mol. The van der Waals surface area contributed by atoms with E-state index in [0.29, 0.717) is 33.1 Å². The number of thiocarbonyl (C=S) groups is 1. The molecule has 1 N–H and O–H groups in total. The first kappa shape index (κ1) is 21.4. The van der Waals surface area contributed by atoms with Crippen molar-refractivity contribution in [2.75, 3.05) is 13.7 Å². The topological polar surface area (TPSA) is 30.5 Å². The fraction of sp³-hybridized carbons (Fsp3) is 0.174. The molecule has 3 aromatic rings. The minimum Gasteiger partial charge on any atom is -0.493 e. The molecule has 0 aromatic heterocycles. The van der Waals surface area contributed by atoms with Gasteiger partial charge in [-0.2, -0.15) is 0 Å². The fourth-order valence-corrected chi connectivity index (χ4v) is 3.41. The summed E-state index contributed by atoms with van der Waals surface area (Å²) in [4.78, 5) is 0.616. The lowest BCUT2D eigenvalue weighted by atomic mass is 10.1. The van der Waals surface area contributed by atoms with E-state index in [9.17, 15) is 0 Å². The number of rotatable bonds is 8. The van der Waals surface area contributed by atoms with Crippen molar-refractivity contribution in [2.24, 2.45) is 0 Å². The molecule has 0 saturated heterocycles. The van der Waals surface area contributed by atoms with Crippen LogP contribution in [0.3, 0.4) is 0 Å². The Morgan fingerprint density at radius 3 is 2.38 bits per heavy atom. The molecule has 0 spiro atoms. The van der Waals surface area contributed by atoms with Crippen molar-refractivity contribution in [3.05, 3.63) is 93.5 Å². The molecule has 0 saturated carbocycles. The second-order valence-corrected chi connectivity index (χ2v) is 7.65. The van der Waals surface area contributed by atoms with Crippen LogP contribution in [0.15, 0.2) is 66.7 Å². The summed E-state index contributed by atoms with van der Waals surface area (Å²) in [5.41, 5.74) is 3.02. The van der Waals surface area contributed by atoms with Crippen LogP contribution in [0.4, 0.5) is 0 Å². The Kier molecular flexibility index (Phi) is 7.76. The van der Waals surface area contributed by atoms with Crippen LogP contribution in [0.2, 0.25) is 10.0 Å². The molecule has 3 nitrogen and oxygen atoms in total. The molecular formula is C23H21Cl2NO2S. The fourth-order valence-electron chi connectivity index (χ4n) is 2.79. The minimum atomic E-state index is 0.354. The van der Waals surface area contributed by atoms with Crippen molar-refractivity contribution >= 4 is 40.4 Å². The summed E-state index contributed by atoms with van der Waals surface area (Å²) in [5.74, 6) is 1.02. The van der Waals surface area contributed by atoms with E-state index in [1.165, 1.54) is 5.56 Å². The Hall–Kier alpha value is -2.27. The molecule has 0 aliphatic carbocycles. The van der Waals surface area contributed by atoms with E-state index < -0.39 is 0 Å². The summed E-state index contributed by atoms with van der Waals surface area (Å²) < 4.78 is 11.4. The number of benzene rings is 3. The molecule has 3 rings (SSSR count). The van der Waals surface area contributed by atoms with E-state index in [0.717, 1.165) is 24.1 Å². The molecule has 0 atom stereocenters. The van der Waals surface area contributed by atoms with Gasteiger partial charge < -0.3 is 14.8 Å². The van der Waals surface area contributed by atoms with Crippen molar-refractivity contribution in [1.29, 1.82) is 0 Å². The molecule has 0 radical (unpaired) electrons. The Bertz CT molecular complexity index is 963. The highest BCUT2D eigenvalue weighted by Crippen LogP contribution is 2.37. The normalized spacial score (nSPS) is 10.4. The molecule has 0 bridgehead atoms. The van der Waals surface area contributed by atoms with Gasteiger partial charge in [0, 0.05) is 17.1 Å². The zero-order chi connectivity index (χ0) is 20.6. The standard InChI is InChI=1S/C23H21Cl2NO2S/c1-27-21-14-18(23(29)26-12-11-16-5-3-2-4-6-16)13-20(25)22(21)28-15-17-7-9-19(24)10-8-17/h2-10,13-14H,11-12,15H2,1H3,(H,26,29). The van der Waals surface area contributed by atoms with Gasteiger partial charge in [-0.3, -0.25) is 0 Å². The molecule has 0 aliphatic rings. The maximum absolute atomic E-state index is 6.47. The van der Waals surface area contributed by atoms with Crippen molar-refractivity contribution in [3.8, 4) is 11.5 Å². The lowest BCUT2D eigenvalue weighted by Crippen LogP contribution is -2.24. The van der Waals surface area contributed by atoms with E-state index in [1.54, 1.807) is 13.2 Å². The zero-order valence-corrected chi connectivity index (χ0v) is 18.3. The molecule has 3 aromatic carbocycles. The highest BCUT2D eigenvalue weighted by Gasteiger charge is 2.14. The second kappa shape index (κ2) is 10.5. The van der Waals surface area contributed by atoms with Crippen LogP contribution in [0.25, 0.3) is 0 Å². The van der Waals surface area contributed by atoms with E-state index in [1.807, 2.05) is 48.5 Å². The molecule has 29 heavy (non-hydrogen) atoms. The number of nitrogens with one attached hydrogen (secondary N) is 1. The maximum Gasteiger partial charge on any atom is 0.180 e. The Labute approximate surface area is 186 Å². The van der Waals surface area contributed by atoms with E-state index >= 15 is 0 Å². The third-order valence-electron chi connectivity index (χ3n) is 4.33. The lowest BCUT2D eigenvalue weighted by Gasteiger charge is -2.15. The average Bonchev–Trinajstić information content (AvgIpc) is 2.74. The van der Waals surface area contributed by atoms with Gasteiger partial charge in [0.2, 0.25) is 0 Å². The summed E-state index contributed by atoms with van der Waals surface area (Å²) in [6.45, 7) is 1.09. The third kappa shape index (κ3) is 6.10. The van der Waals surface area contributed by atoms with Crippen LogP contribution < -0.4 is 14.8 Å². The van der Waals surface area contributed by atoms with Crippen molar-refractivity contribution < 1.29 is 9.47 Å². The van der Waals surface area contributed by atoms with Gasteiger partial charge >= 0.3 is 0 Å². The zero-order valence-electron chi connectivity index (χ0n) is 16.0. The van der Waals surface area contributed by atoms with Gasteiger partial charge in [-0.05, 0) is 41.8 Å². The van der Waals surface area contributed by atoms with Gasteiger partial charge in [0.15, 0.2) is 11.5 Å². The van der Waals surface area contributed by atoms with Crippen LogP contribution in [0.5, 0.6) is 11.5 Å². The first-order valence-corrected chi connectivity index (χ1v) is 10.3. The average molecular weight is 446 g/mol. The molecule has 0 unspecified atom stereocenters.